The molecule has 2 aromatic rings. The molecule has 0 N–H and O–H groups in total. The van der Waals surface area contributed by atoms with Crippen molar-refractivity contribution in [3.8, 4) is 11.3 Å². The lowest BCUT2D eigenvalue weighted by atomic mass is 10.1. The second-order valence-corrected chi connectivity index (χ2v) is 4.64. The quantitative estimate of drug-likeness (QED) is 0.450. The number of fused-ring (bicyclic) bond motifs is 3. The van der Waals surface area contributed by atoms with Gasteiger partial charge in [-0.25, -0.2) is 9.97 Å². The van der Waals surface area contributed by atoms with Gasteiger partial charge in [0.15, 0.2) is 0 Å². The van der Waals surface area contributed by atoms with Crippen LogP contribution < -0.4 is 0 Å². The number of aryl methyl sites for hydroxylation is 1. The molecule has 1 aromatic heterocycles. The van der Waals surface area contributed by atoms with Crippen LogP contribution in [0.2, 0.25) is 10.4 Å². The number of hydrogen-bond acceptors (Lipinski definition) is 2. The molecule has 1 aromatic carbocycles. The van der Waals surface area contributed by atoms with Gasteiger partial charge in [-0.2, -0.15) is 0 Å². The number of hydrogen-bond donors (Lipinski definition) is 0. The zero-order valence-corrected chi connectivity index (χ0v) is 10.1. The summed E-state index contributed by atoms with van der Waals surface area (Å²) >= 11 is 11.9. The van der Waals surface area contributed by atoms with Crippen LogP contribution in [0.25, 0.3) is 11.3 Å². The summed E-state index contributed by atoms with van der Waals surface area (Å²) in [7, 11) is 0. The SMILES string of the molecule is Cc1ccc2c(c1)-c1nc(Cl)nc(Cl)c1C2. The van der Waals surface area contributed by atoms with Crippen LogP contribution in [0.4, 0.5) is 0 Å². The van der Waals surface area contributed by atoms with E-state index >= 15 is 0 Å². The third-order valence-corrected chi connectivity index (χ3v) is 3.30. The summed E-state index contributed by atoms with van der Waals surface area (Å²) in [6.45, 7) is 2.06. The molecule has 0 amide bonds. The summed E-state index contributed by atoms with van der Waals surface area (Å²) in [5.41, 5.74) is 5.42. The van der Waals surface area contributed by atoms with E-state index in [9.17, 15) is 0 Å². The van der Waals surface area contributed by atoms with Gasteiger partial charge in [0.25, 0.3) is 0 Å². The maximum Gasteiger partial charge on any atom is 0.224 e. The molecule has 0 saturated carbocycles. The van der Waals surface area contributed by atoms with Crippen LogP contribution in [-0.2, 0) is 6.42 Å². The monoisotopic (exact) mass is 250 g/mol. The van der Waals surface area contributed by atoms with Crippen molar-refractivity contribution in [1.29, 1.82) is 0 Å². The average molecular weight is 251 g/mol. The van der Waals surface area contributed by atoms with Gasteiger partial charge < -0.3 is 0 Å². The van der Waals surface area contributed by atoms with Crippen molar-refractivity contribution < 1.29 is 0 Å². The standard InChI is InChI=1S/C12H8Cl2N2/c1-6-2-3-7-5-9-10(8(7)4-6)15-12(14)16-11(9)13/h2-4H,5H2,1H3. The Morgan fingerprint density at radius 3 is 2.81 bits per heavy atom. The molecule has 2 nitrogen and oxygen atoms in total. The van der Waals surface area contributed by atoms with E-state index in [2.05, 4.69) is 35.1 Å². The number of halogens is 2. The van der Waals surface area contributed by atoms with Crippen molar-refractivity contribution in [3.05, 3.63) is 45.3 Å². The van der Waals surface area contributed by atoms with Crippen LogP contribution in [0.3, 0.4) is 0 Å². The molecular formula is C12H8Cl2N2. The van der Waals surface area contributed by atoms with Crippen molar-refractivity contribution in [2.75, 3.05) is 0 Å². The molecule has 0 spiro atoms. The Morgan fingerprint density at radius 2 is 2.00 bits per heavy atom. The molecule has 0 aliphatic heterocycles. The molecule has 80 valence electrons. The first kappa shape index (κ1) is 10.1. The molecule has 0 fully saturated rings. The van der Waals surface area contributed by atoms with E-state index in [0.717, 1.165) is 23.2 Å². The van der Waals surface area contributed by atoms with Crippen LogP contribution in [0.15, 0.2) is 18.2 Å². The molecule has 0 bridgehead atoms. The fourth-order valence-electron chi connectivity index (χ4n) is 2.07. The molecule has 1 aliphatic rings. The minimum absolute atomic E-state index is 0.207. The van der Waals surface area contributed by atoms with Crippen molar-refractivity contribution >= 4 is 23.2 Å². The summed E-state index contributed by atoms with van der Waals surface area (Å²) < 4.78 is 0. The highest BCUT2D eigenvalue weighted by Crippen LogP contribution is 2.38. The summed E-state index contributed by atoms with van der Waals surface area (Å²) in [5, 5.41) is 0.668. The Kier molecular flexibility index (Phi) is 2.16. The third kappa shape index (κ3) is 1.41. The predicted molar refractivity (Wildman–Crippen MR) is 65.0 cm³/mol. The molecule has 1 aliphatic carbocycles. The fourth-order valence-corrected chi connectivity index (χ4v) is 2.51. The van der Waals surface area contributed by atoms with Gasteiger partial charge in [-0.1, -0.05) is 29.3 Å². The lowest BCUT2D eigenvalue weighted by molar-refractivity contribution is 1.12. The van der Waals surface area contributed by atoms with Gasteiger partial charge in [0.2, 0.25) is 5.28 Å². The second kappa shape index (κ2) is 3.44. The molecule has 0 unspecified atom stereocenters. The highest BCUT2D eigenvalue weighted by atomic mass is 35.5. The molecule has 0 radical (unpaired) electrons. The molecule has 1 heterocycles. The highest BCUT2D eigenvalue weighted by molar-refractivity contribution is 6.32. The van der Waals surface area contributed by atoms with Crippen LogP contribution in [-0.4, -0.2) is 9.97 Å². The van der Waals surface area contributed by atoms with Gasteiger partial charge in [-0.05, 0) is 30.2 Å². The van der Waals surface area contributed by atoms with E-state index in [1.165, 1.54) is 11.1 Å². The van der Waals surface area contributed by atoms with Gasteiger partial charge in [-0.15, -0.1) is 0 Å². The minimum Gasteiger partial charge on any atom is -0.217 e. The normalized spacial score (nSPS) is 12.4. The van der Waals surface area contributed by atoms with E-state index in [-0.39, 0.29) is 5.28 Å². The Hall–Kier alpha value is -1.12. The van der Waals surface area contributed by atoms with Gasteiger partial charge in [-0.3, -0.25) is 0 Å². The minimum atomic E-state index is 0.207. The van der Waals surface area contributed by atoms with Crippen LogP contribution in [0.5, 0.6) is 0 Å². The zero-order chi connectivity index (χ0) is 11.3. The largest absolute Gasteiger partial charge is 0.224 e. The third-order valence-electron chi connectivity index (χ3n) is 2.82. The first-order chi connectivity index (χ1) is 7.65. The summed E-state index contributed by atoms with van der Waals surface area (Å²) in [5.74, 6) is 0. The van der Waals surface area contributed by atoms with Gasteiger partial charge in [0, 0.05) is 17.5 Å². The van der Waals surface area contributed by atoms with Gasteiger partial charge in [0.1, 0.15) is 5.15 Å². The molecule has 4 heteroatoms. The number of nitrogens with zero attached hydrogens (tertiary/aromatic N) is 2. The number of rotatable bonds is 0. The topological polar surface area (TPSA) is 25.8 Å². The van der Waals surface area contributed by atoms with Crippen molar-refractivity contribution in [2.45, 2.75) is 13.3 Å². The molecule has 0 saturated heterocycles. The Morgan fingerprint density at radius 1 is 1.19 bits per heavy atom. The molecule has 0 atom stereocenters. The van der Waals surface area contributed by atoms with E-state index < -0.39 is 0 Å². The lowest BCUT2D eigenvalue weighted by Gasteiger charge is -2.02. The van der Waals surface area contributed by atoms with E-state index in [1.54, 1.807) is 0 Å². The fraction of sp³-hybridized carbons (Fsp3) is 0.167. The van der Waals surface area contributed by atoms with E-state index in [1.807, 2.05) is 0 Å². The smallest absolute Gasteiger partial charge is 0.217 e. The summed E-state index contributed by atoms with van der Waals surface area (Å²) in [4.78, 5) is 8.24. The first-order valence-corrected chi connectivity index (χ1v) is 5.72. The summed E-state index contributed by atoms with van der Waals surface area (Å²) in [6, 6.07) is 6.31. The second-order valence-electron chi connectivity index (χ2n) is 3.95. The highest BCUT2D eigenvalue weighted by Gasteiger charge is 2.23. The van der Waals surface area contributed by atoms with Crippen LogP contribution in [0, 0.1) is 6.92 Å². The van der Waals surface area contributed by atoms with Crippen LogP contribution in [0.1, 0.15) is 16.7 Å². The van der Waals surface area contributed by atoms with Gasteiger partial charge in [0.05, 0.1) is 5.69 Å². The summed E-state index contributed by atoms with van der Waals surface area (Å²) in [6.07, 6.45) is 0.793. The predicted octanol–water partition coefficient (Wildman–Crippen LogP) is 3.66. The van der Waals surface area contributed by atoms with Gasteiger partial charge >= 0.3 is 0 Å². The molecule has 16 heavy (non-hydrogen) atoms. The maximum absolute atomic E-state index is 6.07. The first-order valence-electron chi connectivity index (χ1n) is 4.97. The van der Waals surface area contributed by atoms with Crippen LogP contribution >= 0.6 is 23.2 Å². The zero-order valence-electron chi connectivity index (χ0n) is 8.59. The van der Waals surface area contributed by atoms with E-state index in [0.29, 0.717) is 5.15 Å². The molecule has 3 rings (SSSR count). The number of benzene rings is 1. The Labute approximate surface area is 103 Å². The van der Waals surface area contributed by atoms with E-state index in [4.69, 9.17) is 23.2 Å². The van der Waals surface area contributed by atoms with Crippen molar-refractivity contribution in [2.24, 2.45) is 0 Å². The van der Waals surface area contributed by atoms with Crippen molar-refractivity contribution in [3.63, 3.8) is 0 Å². The Bertz CT molecular complexity index is 594. The van der Waals surface area contributed by atoms with Crippen molar-refractivity contribution in [1.82, 2.24) is 9.97 Å². The average Bonchev–Trinajstić information content (AvgIpc) is 2.57. The number of aromatic nitrogens is 2. The maximum atomic E-state index is 6.07. The Balaban J connectivity index is 2.31. The lowest BCUT2D eigenvalue weighted by Crippen LogP contribution is -1.91. The molecular weight excluding hydrogens is 243 g/mol.